The molecule has 0 spiro atoms. The van der Waals surface area contributed by atoms with Crippen molar-refractivity contribution in [2.45, 2.75) is 45.6 Å². The zero-order valence-corrected chi connectivity index (χ0v) is 12.2. The van der Waals surface area contributed by atoms with Gasteiger partial charge in [-0.25, -0.2) is 4.79 Å². The molecule has 0 aromatic carbocycles. The molecular formula is C13H23N3O4. The Balaban J connectivity index is 2.55. The lowest BCUT2D eigenvalue weighted by atomic mass is 9.80. The summed E-state index contributed by atoms with van der Waals surface area (Å²) in [6, 6.07) is -0.288. The van der Waals surface area contributed by atoms with Crippen LogP contribution in [0.4, 0.5) is 4.79 Å². The fraction of sp³-hybridized carbons (Fsp3) is 0.769. The van der Waals surface area contributed by atoms with Gasteiger partial charge >= 0.3 is 12.0 Å². The molecule has 4 N–H and O–H groups in total. The minimum atomic E-state index is -0.827. The van der Waals surface area contributed by atoms with Gasteiger partial charge in [-0.3, -0.25) is 9.59 Å². The van der Waals surface area contributed by atoms with E-state index in [0.717, 1.165) is 0 Å². The second-order valence-corrected chi connectivity index (χ2v) is 6.31. The highest BCUT2D eigenvalue weighted by Crippen LogP contribution is 2.31. The van der Waals surface area contributed by atoms with Crippen molar-refractivity contribution in [2.24, 2.45) is 11.1 Å². The number of carboxylic acid groups (broad SMARTS) is 1. The average Bonchev–Trinajstić information content (AvgIpc) is 2.26. The third-order valence-electron chi connectivity index (χ3n) is 3.73. The number of amides is 3. The topological polar surface area (TPSA) is 113 Å². The monoisotopic (exact) mass is 285 g/mol. The molecule has 20 heavy (non-hydrogen) atoms. The van der Waals surface area contributed by atoms with Gasteiger partial charge in [0.25, 0.3) is 0 Å². The molecule has 1 aliphatic heterocycles. The summed E-state index contributed by atoms with van der Waals surface area (Å²) in [7, 11) is 0. The maximum Gasteiger partial charge on any atom is 0.317 e. The number of aliphatic carboxylic acids is 1. The van der Waals surface area contributed by atoms with Gasteiger partial charge in [0.05, 0.1) is 5.41 Å². The van der Waals surface area contributed by atoms with Gasteiger partial charge < -0.3 is 21.1 Å². The molecule has 0 bridgehead atoms. The molecule has 1 saturated heterocycles. The number of rotatable bonds is 4. The largest absolute Gasteiger partial charge is 0.481 e. The SMILES string of the molecule is CC(C)(CC(N)=O)NC(=O)N1CCC(C)(C(=O)O)CC1. The number of nitrogens with zero attached hydrogens (tertiary/aromatic N) is 1. The highest BCUT2D eigenvalue weighted by Gasteiger charge is 2.38. The number of likely N-dealkylation sites (tertiary alicyclic amines) is 1. The molecule has 1 heterocycles. The van der Waals surface area contributed by atoms with E-state index >= 15 is 0 Å². The predicted octanol–water partition coefficient (Wildman–Crippen LogP) is 0.537. The van der Waals surface area contributed by atoms with E-state index < -0.39 is 22.8 Å². The van der Waals surface area contributed by atoms with E-state index in [-0.39, 0.29) is 12.5 Å². The van der Waals surface area contributed by atoms with E-state index in [1.807, 2.05) is 0 Å². The van der Waals surface area contributed by atoms with E-state index in [1.165, 1.54) is 0 Å². The van der Waals surface area contributed by atoms with Crippen LogP contribution in [-0.4, -0.2) is 46.5 Å². The first-order chi connectivity index (χ1) is 9.06. The predicted molar refractivity (Wildman–Crippen MR) is 73.0 cm³/mol. The Kier molecular flexibility index (Phi) is 4.62. The maximum atomic E-state index is 12.1. The van der Waals surface area contributed by atoms with Crippen LogP contribution in [0.15, 0.2) is 0 Å². The van der Waals surface area contributed by atoms with Gasteiger partial charge in [-0.15, -0.1) is 0 Å². The summed E-state index contributed by atoms with van der Waals surface area (Å²) in [5.41, 5.74) is 3.66. The number of piperidine rings is 1. The number of nitrogens with two attached hydrogens (primary N) is 1. The van der Waals surface area contributed by atoms with Crippen molar-refractivity contribution in [3.05, 3.63) is 0 Å². The first kappa shape index (κ1) is 16.3. The number of carbonyl (C=O) groups excluding carboxylic acids is 2. The van der Waals surface area contributed by atoms with Crippen molar-refractivity contribution >= 4 is 17.9 Å². The Bertz CT molecular complexity index is 412. The Morgan fingerprint density at radius 1 is 1.30 bits per heavy atom. The second-order valence-electron chi connectivity index (χ2n) is 6.31. The normalized spacial score (nSPS) is 18.4. The molecule has 0 aliphatic carbocycles. The molecule has 0 radical (unpaired) electrons. The van der Waals surface area contributed by atoms with Crippen LogP contribution in [0, 0.1) is 5.41 Å². The quantitative estimate of drug-likeness (QED) is 0.699. The van der Waals surface area contributed by atoms with Gasteiger partial charge in [0.15, 0.2) is 0 Å². The lowest BCUT2D eigenvalue weighted by molar-refractivity contribution is -0.150. The highest BCUT2D eigenvalue weighted by molar-refractivity contribution is 5.79. The molecule has 114 valence electrons. The molecule has 0 aromatic rings. The number of primary amides is 1. The Morgan fingerprint density at radius 3 is 2.20 bits per heavy atom. The molecular weight excluding hydrogens is 262 g/mol. The van der Waals surface area contributed by atoms with Crippen LogP contribution in [0.2, 0.25) is 0 Å². The van der Waals surface area contributed by atoms with Crippen molar-refractivity contribution < 1.29 is 19.5 Å². The number of hydrogen-bond donors (Lipinski definition) is 3. The van der Waals surface area contributed by atoms with Crippen LogP contribution in [0.1, 0.15) is 40.0 Å². The lowest BCUT2D eigenvalue weighted by Crippen LogP contribution is -2.54. The third-order valence-corrected chi connectivity index (χ3v) is 3.73. The van der Waals surface area contributed by atoms with E-state index in [0.29, 0.717) is 25.9 Å². The van der Waals surface area contributed by atoms with Gasteiger partial charge in [0.1, 0.15) is 0 Å². The van der Waals surface area contributed by atoms with E-state index in [9.17, 15) is 14.4 Å². The Hall–Kier alpha value is -1.79. The zero-order valence-electron chi connectivity index (χ0n) is 12.2. The van der Waals surface area contributed by atoms with E-state index in [2.05, 4.69) is 5.32 Å². The molecule has 7 nitrogen and oxygen atoms in total. The van der Waals surface area contributed by atoms with Crippen LogP contribution in [0.3, 0.4) is 0 Å². The first-order valence-electron chi connectivity index (χ1n) is 6.64. The minimum absolute atomic E-state index is 0.0550. The number of carbonyl (C=O) groups is 3. The van der Waals surface area contributed by atoms with Crippen molar-refractivity contribution in [2.75, 3.05) is 13.1 Å². The molecule has 7 heteroatoms. The summed E-state index contributed by atoms with van der Waals surface area (Å²) in [6.45, 7) is 5.92. The molecule has 1 fully saturated rings. The van der Waals surface area contributed by atoms with Crippen LogP contribution in [0.5, 0.6) is 0 Å². The first-order valence-corrected chi connectivity index (χ1v) is 6.64. The van der Waals surface area contributed by atoms with Crippen molar-refractivity contribution in [1.82, 2.24) is 10.2 Å². The third kappa shape index (κ3) is 4.11. The molecule has 1 rings (SSSR count). The molecule has 0 atom stereocenters. The summed E-state index contributed by atoms with van der Waals surface area (Å²) >= 11 is 0. The highest BCUT2D eigenvalue weighted by atomic mass is 16.4. The zero-order chi connectivity index (χ0) is 15.6. The van der Waals surface area contributed by atoms with Crippen molar-refractivity contribution in [1.29, 1.82) is 0 Å². The summed E-state index contributed by atoms with van der Waals surface area (Å²) in [5.74, 6) is -1.31. The number of hydrogen-bond acceptors (Lipinski definition) is 3. The van der Waals surface area contributed by atoms with Crippen molar-refractivity contribution in [3.63, 3.8) is 0 Å². The molecule has 0 aromatic heterocycles. The van der Waals surface area contributed by atoms with Gasteiger partial charge in [-0.05, 0) is 33.6 Å². The minimum Gasteiger partial charge on any atom is -0.481 e. The second kappa shape index (κ2) is 5.68. The lowest BCUT2D eigenvalue weighted by Gasteiger charge is -2.38. The van der Waals surface area contributed by atoms with Gasteiger partial charge in [0, 0.05) is 25.0 Å². The fourth-order valence-corrected chi connectivity index (χ4v) is 2.27. The van der Waals surface area contributed by atoms with E-state index in [4.69, 9.17) is 10.8 Å². The summed E-state index contributed by atoms with van der Waals surface area (Å²) in [4.78, 5) is 35.7. The van der Waals surface area contributed by atoms with E-state index in [1.54, 1.807) is 25.7 Å². The summed E-state index contributed by atoms with van der Waals surface area (Å²) in [6.07, 6.45) is 0.900. The van der Waals surface area contributed by atoms with Crippen LogP contribution in [0.25, 0.3) is 0 Å². The van der Waals surface area contributed by atoms with Gasteiger partial charge in [0.2, 0.25) is 5.91 Å². The maximum absolute atomic E-state index is 12.1. The van der Waals surface area contributed by atoms with Gasteiger partial charge in [-0.1, -0.05) is 0 Å². The molecule has 3 amide bonds. The fourth-order valence-electron chi connectivity index (χ4n) is 2.27. The van der Waals surface area contributed by atoms with Gasteiger partial charge in [-0.2, -0.15) is 0 Å². The number of carboxylic acids is 1. The Morgan fingerprint density at radius 2 is 1.80 bits per heavy atom. The molecule has 0 unspecified atom stereocenters. The van der Waals surface area contributed by atoms with Crippen LogP contribution >= 0.6 is 0 Å². The smallest absolute Gasteiger partial charge is 0.317 e. The standard InChI is InChI=1S/C13H23N3O4/c1-12(2,8-9(14)17)15-11(20)16-6-4-13(3,5-7-16)10(18)19/h4-8H2,1-3H3,(H2,14,17)(H,15,20)(H,18,19). The van der Waals surface area contributed by atoms with Crippen LogP contribution in [-0.2, 0) is 9.59 Å². The van der Waals surface area contributed by atoms with Crippen molar-refractivity contribution in [3.8, 4) is 0 Å². The number of nitrogens with one attached hydrogen (secondary N) is 1. The number of urea groups is 1. The molecule has 0 saturated carbocycles. The van der Waals surface area contributed by atoms with Crippen LogP contribution < -0.4 is 11.1 Å². The average molecular weight is 285 g/mol. The summed E-state index contributed by atoms with van der Waals surface area (Å²) in [5, 5.41) is 11.9. The Labute approximate surface area is 118 Å². The summed E-state index contributed by atoms with van der Waals surface area (Å²) < 4.78 is 0. The molecule has 1 aliphatic rings.